The van der Waals surface area contributed by atoms with Crippen molar-refractivity contribution in [3.63, 3.8) is 0 Å². The quantitative estimate of drug-likeness (QED) is 0.628. The average molecular weight is 382 g/mol. The van der Waals surface area contributed by atoms with Crippen LogP contribution in [0.25, 0.3) is 16.9 Å². The van der Waals surface area contributed by atoms with Crippen LogP contribution in [0.3, 0.4) is 0 Å². The Morgan fingerprint density at radius 2 is 1.93 bits per heavy atom. The highest BCUT2D eigenvalue weighted by Gasteiger charge is 2.31. The number of carbonyl (C=O) groups excluding carboxylic acids is 1. The van der Waals surface area contributed by atoms with E-state index in [-0.39, 0.29) is 12.0 Å². The third-order valence-corrected chi connectivity index (χ3v) is 5.04. The van der Waals surface area contributed by atoms with Crippen LogP contribution in [0.15, 0.2) is 60.8 Å². The minimum Gasteiger partial charge on any atom is -0.464 e. The molecule has 2 heterocycles. The van der Waals surface area contributed by atoms with Gasteiger partial charge in [0.1, 0.15) is 6.04 Å². The number of hydrogen-bond donors (Lipinski definition) is 0. The number of rotatable bonds is 5. The number of para-hydroxylation sites is 1. The Hall–Kier alpha value is -2.63. The molecule has 1 atom stereocenters. The Bertz CT molecular complexity index is 938. The molecule has 1 fully saturated rings. The molecule has 0 radical (unpaired) electrons. The van der Waals surface area contributed by atoms with Crippen molar-refractivity contribution in [2.24, 2.45) is 0 Å². The molecule has 1 aromatic heterocycles. The molecule has 0 saturated carbocycles. The molecular weight excluding hydrogens is 362 g/mol. The normalized spacial score (nSPS) is 16.7. The van der Waals surface area contributed by atoms with Crippen LogP contribution in [0.4, 0.5) is 0 Å². The van der Waals surface area contributed by atoms with Crippen LogP contribution in [-0.2, 0) is 16.1 Å². The summed E-state index contributed by atoms with van der Waals surface area (Å²) in [4.78, 5) is 14.0. The van der Waals surface area contributed by atoms with Crippen LogP contribution in [0, 0.1) is 0 Å². The van der Waals surface area contributed by atoms with Gasteiger partial charge in [-0.05, 0) is 31.3 Å². The number of cyclic esters (lactones) is 1. The van der Waals surface area contributed by atoms with Crippen LogP contribution in [0.1, 0.15) is 12.0 Å². The molecule has 2 aromatic carbocycles. The molecule has 0 bridgehead atoms. The molecule has 4 rings (SSSR count). The van der Waals surface area contributed by atoms with Gasteiger partial charge in [-0.1, -0.05) is 41.9 Å². The zero-order valence-electron chi connectivity index (χ0n) is 15.0. The average Bonchev–Trinajstić information content (AvgIpc) is 3.29. The van der Waals surface area contributed by atoms with Crippen molar-refractivity contribution in [2.45, 2.75) is 19.0 Å². The Morgan fingerprint density at radius 1 is 1.19 bits per heavy atom. The molecule has 1 unspecified atom stereocenters. The van der Waals surface area contributed by atoms with Gasteiger partial charge in [0.2, 0.25) is 0 Å². The first-order valence-corrected chi connectivity index (χ1v) is 9.26. The highest BCUT2D eigenvalue weighted by atomic mass is 35.5. The van der Waals surface area contributed by atoms with E-state index in [1.807, 2.05) is 77.4 Å². The van der Waals surface area contributed by atoms with Gasteiger partial charge in [0, 0.05) is 35.3 Å². The first-order valence-electron chi connectivity index (χ1n) is 8.88. The van der Waals surface area contributed by atoms with Crippen LogP contribution < -0.4 is 0 Å². The monoisotopic (exact) mass is 381 g/mol. The van der Waals surface area contributed by atoms with Gasteiger partial charge in [-0.3, -0.25) is 9.69 Å². The number of nitrogens with zero attached hydrogens (tertiary/aromatic N) is 3. The van der Waals surface area contributed by atoms with Gasteiger partial charge >= 0.3 is 5.97 Å². The number of likely N-dealkylation sites (N-methyl/N-ethyl adjacent to an activating group) is 1. The number of ether oxygens (including phenoxy) is 1. The molecule has 3 aromatic rings. The minimum absolute atomic E-state index is 0.152. The van der Waals surface area contributed by atoms with Gasteiger partial charge < -0.3 is 4.74 Å². The van der Waals surface area contributed by atoms with Crippen LogP contribution in [0.5, 0.6) is 0 Å². The van der Waals surface area contributed by atoms with E-state index < -0.39 is 0 Å². The van der Waals surface area contributed by atoms with Crippen molar-refractivity contribution in [3.05, 3.63) is 71.4 Å². The number of carbonyl (C=O) groups is 1. The lowest BCUT2D eigenvalue weighted by Crippen LogP contribution is -2.34. The predicted molar refractivity (Wildman–Crippen MR) is 105 cm³/mol. The van der Waals surface area contributed by atoms with E-state index >= 15 is 0 Å². The van der Waals surface area contributed by atoms with Gasteiger partial charge in [0.15, 0.2) is 0 Å². The Morgan fingerprint density at radius 3 is 2.59 bits per heavy atom. The van der Waals surface area contributed by atoms with Crippen molar-refractivity contribution >= 4 is 17.6 Å². The maximum Gasteiger partial charge on any atom is 0.323 e. The fraction of sp³-hybridized carbons (Fsp3) is 0.238. The van der Waals surface area contributed by atoms with Gasteiger partial charge in [-0.25, -0.2) is 4.68 Å². The van der Waals surface area contributed by atoms with Gasteiger partial charge in [-0.2, -0.15) is 5.10 Å². The molecule has 0 aliphatic carbocycles. The molecular formula is C21H20ClN3O2. The summed E-state index contributed by atoms with van der Waals surface area (Å²) in [5.41, 5.74) is 3.91. The number of esters is 1. The second-order valence-electron chi connectivity index (χ2n) is 6.68. The van der Waals surface area contributed by atoms with Gasteiger partial charge in [0.05, 0.1) is 18.0 Å². The smallest absolute Gasteiger partial charge is 0.323 e. The summed E-state index contributed by atoms with van der Waals surface area (Å²) in [6.45, 7) is 1.09. The standard InChI is InChI=1S/C21H20ClN3O2/c1-24(19-11-12-27-21(19)26)13-16-14-25(18-5-3-2-4-6-18)23-20(16)15-7-9-17(22)10-8-15/h2-10,14,19H,11-13H2,1H3. The largest absolute Gasteiger partial charge is 0.464 e. The molecule has 27 heavy (non-hydrogen) atoms. The van der Waals surface area contributed by atoms with Gasteiger partial charge in [0.25, 0.3) is 0 Å². The number of benzene rings is 2. The lowest BCUT2D eigenvalue weighted by atomic mass is 10.1. The fourth-order valence-corrected chi connectivity index (χ4v) is 3.48. The summed E-state index contributed by atoms with van der Waals surface area (Å²) >= 11 is 6.04. The first kappa shape index (κ1) is 17.8. The molecule has 0 N–H and O–H groups in total. The molecule has 1 saturated heterocycles. The summed E-state index contributed by atoms with van der Waals surface area (Å²) < 4.78 is 6.99. The summed E-state index contributed by atoms with van der Waals surface area (Å²) in [6, 6.07) is 17.4. The van der Waals surface area contributed by atoms with E-state index in [4.69, 9.17) is 21.4 Å². The highest BCUT2D eigenvalue weighted by molar-refractivity contribution is 6.30. The summed E-state index contributed by atoms with van der Waals surface area (Å²) in [7, 11) is 1.95. The lowest BCUT2D eigenvalue weighted by molar-refractivity contribution is -0.142. The van der Waals surface area contributed by atoms with Crippen LogP contribution in [0.2, 0.25) is 5.02 Å². The maximum absolute atomic E-state index is 11.9. The molecule has 0 spiro atoms. The van der Waals surface area contributed by atoms with E-state index in [0.29, 0.717) is 18.2 Å². The lowest BCUT2D eigenvalue weighted by Gasteiger charge is -2.20. The summed E-state index contributed by atoms with van der Waals surface area (Å²) in [5, 5.41) is 5.50. The SMILES string of the molecule is CN(Cc1cn(-c2ccccc2)nc1-c1ccc(Cl)cc1)C1CCOC1=O. The maximum atomic E-state index is 11.9. The second kappa shape index (κ2) is 7.55. The van der Waals surface area contributed by atoms with Crippen LogP contribution in [-0.4, -0.2) is 40.3 Å². The van der Waals surface area contributed by atoms with Crippen molar-refractivity contribution in [3.8, 4) is 16.9 Å². The van der Waals surface area contributed by atoms with Crippen molar-refractivity contribution < 1.29 is 9.53 Å². The third kappa shape index (κ3) is 3.75. The molecule has 5 nitrogen and oxygen atoms in total. The first-order chi connectivity index (χ1) is 13.1. The van der Waals surface area contributed by atoms with E-state index in [9.17, 15) is 4.79 Å². The van der Waals surface area contributed by atoms with Crippen molar-refractivity contribution in [1.29, 1.82) is 0 Å². The Labute approximate surface area is 163 Å². The number of aromatic nitrogens is 2. The van der Waals surface area contributed by atoms with E-state index in [0.717, 1.165) is 28.9 Å². The Balaban J connectivity index is 1.70. The number of hydrogen-bond acceptors (Lipinski definition) is 4. The number of halogens is 1. The zero-order chi connectivity index (χ0) is 18.8. The Kier molecular flexibility index (Phi) is 4.97. The predicted octanol–water partition coefficient (Wildman–Crippen LogP) is 3.94. The fourth-order valence-electron chi connectivity index (χ4n) is 3.35. The molecule has 1 aliphatic heterocycles. The van der Waals surface area contributed by atoms with Crippen molar-refractivity contribution in [1.82, 2.24) is 14.7 Å². The minimum atomic E-state index is -0.205. The molecule has 6 heteroatoms. The summed E-state index contributed by atoms with van der Waals surface area (Å²) in [6.07, 6.45) is 2.74. The van der Waals surface area contributed by atoms with Crippen LogP contribution >= 0.6 is 11.6 Å². The van der Waals surface area contributed by atoms with E-state index in [1.165, 1.54) is 0 Å². The molecule has 0 amide bonds. The second-order valence-corrected chi connectivity index (χ2v) is 7.11. The molecule has 138 valence electrons. The molecule has 1 aliphatic rings. The van der Waals surface area contributed by atoms with Crippen molar-refractivity contribution in [2.75, 3.05) is 13.7 Å². The van der Waals surface area contributed by atoms with E-state index in [2.05, 4.69) is 0 Å². The highest BCUT2D eigenvalue weighted by Crippen LogP contribution is 2.27. The third-order valence-electron chi connectivity index (χ3n) is 4.79. The topological polar surface area (TPSA) is 47.4 Å². The van der Waals surface area contributed by atoms with Gasteiger partial charge in [-0.15, -0.1) is 0 Å². The summed E-state index contributed by atoms with van der Waals surface area (Å²) in [5.74, 6) is -0.152. The van der Waals surface area contributed by atoms with E-state index in [1.54, 1.807) is 0 Å². The zero-order valence-corrected chi connectivity index (χ0v) is 15.8.